The number of nitrogens with zero attached hydrogens (tertiary/aromatic N) is 7. The molecule has 4 aromatic rings. The predicted octanol–water partition coefficient (Wildman–Crippen LogP) is 1.91. The molecule has 0 aliphatic carbocycles. The van der Waals surface area contributed by atoms with E-state index in [-0.39, 0.29) is 18.3 Å². The van der Waals surface area contributed by atoms with Gasteiger partial charge in [-0.15, -0.1) is 0 Å². The second-order valence-corrected chi connectivity index (χ2v) is 7.73. The van der Waals surface area contributed by atoms with Crippen molar-refractivity contribution in [1.82, 2.24) is 34.6 Å². The first kappa shape index (κ1) is 19.5. The van der Waals surface area contributed by atoms with Gasteiger partial charge in [0.25, 0.3) is 5.91 Å². The van der Waals surface area contributed by atoms with Crippen LogP contribution in [0.1, 0.15) is 4.79 Å². The molecule has 0 amide bonds. The lowest BCUT2D eigenvalue weighted by Crippen LogP contribution is -2.48. The first-order valence-electron chi connectivity index (χ1n) is 9.85. The number of benzene rings is 1. The summed E-state index contributed by atoms with van der Waals surface area (Å²) in [7, 11) is 0. The highest BCUT2D eigenvalue weighted by Gasteiger charge is 2.25. The number of H-pyrrole nitrogens is 1. The average molecular weight is 438 g/mol. The first-order chi connectivity index (χ1) is 15.1. The third-order valence-electron chi connectivity index (χ3n) is 5.38. The Balaban J connectivity index is 1.33. The molecule has 1 fully saturated rings. The Kier molecular flexibility index (Phi) is 5.00. The molecule has 0 spiro atoms. The Morgan fingerprint density at radius 3 is 2.58 bits per heavy atom. The van der Waals surface area contributed by atoms with Gasteiger partial charge in [0.05, 0.1) is 11.9 Å². The van der Waals surface area contributed by atoms with Crippen LogP contribution in [-0.4, -0.2) is 73.2 Å². The highest BCUT2D eigenvalue weighted by Crippen LogP contribution is 2.28. The average Bonchev–Trinajstić information content (AvgIpc) is 3.43. The van der Waals surface area contributed by atoms with Crippen molar-refractivity contribution in [3.8, 4) is 11.5 Å². The number of aromatic amines is 1. The van der Waals surface area contributed by atoms with E-state index in [4.69, 9.17) is 17.3 Å². The number of hydrogen-bond acceptors (Lipinski definition) is 8. The van der Waals surface area contributed by atoms with E-state index in [9.17, 15) is 4.79 Å². The van der Waals surface area contributed by atoms with E-state index >= 15 is 0 Å². The predicted molar refractivity (Wildman–Crippen MR) is 118 cm³/mol. The van der Waals surface area contributed by atoms with Crippen molar-refractivity contribution >= 4 is 40.0 Å². The lowest BCUT2D eigenvalue weighted by atomic mass is 10.2. The number of nitrogens with two attached hydrogens (primary N) is 1. The molecule has 0 radical (unpaired) electrons. The van der Waals surface area contributed by atoms with Crippen LogP contribution in [0.3, 0.4) is 0 Å². The van der Waals surface area contributed by atoms with Gasteiger partial charge in [-0.05, 0) is 24.3 Å². The first-order valence-corrected chi connectivity index (χ1v) is 10.2. The number of rotatable bonds is 4. The molecule has 1 aliphatic heterocycles. The maximum absolute atomic E-state index is 13.1. The summed E-state index contributed by atoms with van der Waals surface area (Å²) in [5.41, 5.74) is 8.02. The van der Waals surface area contributed by atoms with Crippen molar-refractivity contribution in [1.29, 1.82) is 0 Å². The van der Waals surface area contributed by atoms with Crippen LogP contribution in [0.5, 0.6) is 0 Å². The number of hydrogen-bond donors (Lipinski definition) is 2. The van der Waals surface area contributed by atoms with Crippen LogP contribution in [0.4, 0.5) is 11.5 Å². The third kappa shape index (κ3) is 3.71. The number of aromatic nitrogens is 6. The molecule has 158 valence electrons. The van der Waals surface area contributed by atoms with Crippen LogP contribution in [-0.2, 0) is 0 Å². The minimum absolute atomic E-state index is 0.180. The number of carbonyl (C=O) groups is 1. The Morgan fingerprint density at radius 1 is 1.10 bits per heavy atom. The fraction of sp³-hybridized carbons (Fsp3) is 0.250. The molecule has 1 aromatic carbocycles. The number of carbonyl (C=O) groups excluding carboxylic acids is 1. The minimum Gasteiger partial charge on any atom is -0.383 e. The molecule has 0 unspecified atom stereocenters. The largest absolute Gasteiger partial charge is 0.383 e. The summed E-state index contributed by atoms with van der Waals surface area (Å²) in [6.07, 6.45) is 4.63. The van der Waals surface area contributed by atoms with Crippen LogP contribution < -0.4 is 10.6 Å². The lowest BCUT2D eigenvalue weighted by molar-refractivity contribution is 0.0833. The maximum atomic E-state index is 13.1. The zero-order valence-electron chi connectivity index (χ0n) is 16.6. The molecule has 4 heterocycles. The van der Waals surface area contributed by atoms with Crippen LogP contribution in [0.25, 0.3) is 22.6 Å². The topological polar surface area (TPSA) is 122 Å². The molecule has 1 aliphatic rings. The third-order valence-corrected chi connectivity index (χ3v) is 5.63. The van der Waals surface area contributed by atoms with Gasteiger partial charge in [-0.3, -0.25) is 9.69 Å². The second kappa shape index (κ2) is 7.97. The van der Waals surface area contributed by atoms with Gasteiger partial charge in [-0.2, -0.15) is 9.78 Å². The fourth-order valence-electron chi connectivity index (χ4n) is 3.78. The van der Waals surface area contributed by atoms with E-state index in [1.807, 2.05) is 24.3 Å². The normalized spacial score (nSPS) is 14.9. The van der Waals surface area contributed by atoms with Gasteiger partial charge in [0, 0.05) is 49.3 Å². The Morgan fingerprint density at radius 2 is 1.87 bits per heavy atom. The summed E-state index contributed by atoms with van der Waals surface area (Å²) in [5, 5.41) is 5.70. The zero-order chi connectivity index (χ0) is 21.4. The molecule has 1 saturated heterocycles. The van der Waals surface area contributed by atoms with Gasteiger partial charge >= 0.3 is 0 Å². The number of nitrogen functional groups attached to an aromatic ring is 1. The molecule has 5 rings (SSSR count). The van der Waals surface area contributed by atoms with Gasteiger partial charge in [-0.25, -0.2) is 15.0 Å². The van der Waals surface area contributed by atoms with E-state index in [1.54, 1.807) is 12.4 Å². The van der Waals surface area contributed by atoms with Crippen molar-refractivity contribution in [2.45, 2.75) is 0 Å². The van der Waals surface area contributed by atoms with E-state index in [2.05, 4.69) is 34.8 Å². The van der Waals surface area contributed by atoms with Crippen LogP contribution in [0.2, 0.25) is 5.02 Å². The summed E-state index contributed by atoms with van der Waals surface area (Å²) < 4.78 is 1.30. The lowest BCUT2D eigenvalue weighted by Gasteiger charge is -2.35. The van der Waals surface area contributed by atoms with Gasteiger partial charge in [0.15, 0.2) is 11.5 Å². The van der Waals surface area contributed by atoms with E-state index in [0.717, 1.165) is 36.9 Å². The highest BCUT2D eigenvalue weighted by atomic mass is 35.5. The standard InChI is InChI=1S/C20H20ClN9O/c21-13-1-3-14(4-2-13)29-9-7-28(8-10-29)11-15(31)30-20-16(18(22)25-12-26-20)17(27-30)19-23-5-6-24-19/h1-6,12H,7-11H2,(H,23,24)(H2,22,25,26). The Hall–Kier alpha value is -3.50. The van der Waals surface area contributed by atoms with Crippen molar-refractivity contribution in [3.63, 3.8) is 0 Å². The Labute approximate surface area is 182 Å². The molecule has 11 heteroatoms. The molecule has 3 N–H and O–H groups in total. The number of anilines is 2. The van der Waals surface area contributed by atoms with Crippen LogP contribution >= 0.6 is 11.6 Å². The number of imidazole rings is 1. The summed E-state index contributed by atoms with van der Waals surface area (Å²) in [4.78, 5) is 33.0. The van der Waals surface area contributed by atoms with E-state index in [1.165, 1.54) is 11.0 Å². The molecular formula is C20H20ClN9O. The SMILES string of the molecule is Nc1ncnc2c1c(-c1ncc[nH]1)nn2C(=O)CN1CCN(c2ccc(Cl)cc2)CC1. The monoisotopic (exact) mass is 437 g/mol. The quantitative estimate of drug-likeness (QED) is 0.496. The molecule has 0 atom stereocenters. The molecule has 0 saturated carbocycles. The smallest absolute Gasteiger partial charge is 0.263 e. The van der Waals surface area contributed by atoms with E-state index < -0.39 is 0 Å². The summed E-state index contributed by atoms with van der Waals surface area (Å²) in [6.45, 7) is 3.39. The van der Waals surface area contributed by atoms with Gasteiger partial charge < -0.3 is 15.6 Å². The van der Waals surface area contributed by atoms with Gasteiger partial charge in [0.2, 0.25) is 0 Å². The number of nitrogens with one attached hydrogen (secondary N) is 1. The summed E-state index contributed by atoms with van der Waals surface area (Å²) >= 11 is 5.98. The van der Waals surface area contributed by atoms with Gasteiger partial charge in [0.1, 0.15) is 17.8 Å². The molecule has 31 heavy (non-hydrogen) atoms. The Bertz CT molecular complexity index is 1210. The van der Waals surface area contributed by atoms with Crippen LogP contribution in [0.15, 0.2) is 43.0 Å². The fourth-order valence-corrected chi connectivity index (χ4v) is 3.91. The molecule has 3 aromatic heterocycles. The number of fused-ring (bicyclic) bond motifs is 1. The van der Waals surface area contributed by atoms with Crippen molar-refractivity contribution in [3.05, 3.63) is 48.0 Å². The highest BCUT2D eigenvalue weighted by molar-refractivity contribution is 6.30. The number of halogens is 1. The summed E-state index contributed by atoms with van der Waals surface area (Å²) in [6, 6.07) is 7.80. The molecule has 10 nitrogen and oxygen atoms in total. The molecule has 0 bridgehead atoms. The number of piperazine rings is 1. The zero-order valence-corrected chi connectivity index (χ0v) is 17.3. The van der Waals surface area contributed by atoms with E-state index in [0.29, 0.717) is 22.6 Å². The van der Waals surface area contributed by atoms with Crippen molar-refractivity contribution in [2.75, 3.05) is 43.4 Å². The molecular weight excluding hydrogens is 418 g/mol. The van der Waals surface area contributed by atoms with Crippen molar-refractivity contribution < 1.29 is 4.79 Å². The van der Waals surface area contributed by atoms with Gasteiger partial charge in [-0.1, -0.05) is 11.6 Å². The van der Waals surface area contributed by atoms with Crippen LogP contribution in [0, 0.1) is 0 Å². The summed E-state index contributed by atoms with van der Waals surface area (Å²) in [5.74, 6) is 0.586. The minimum atomic E-state index is -0.180. The van der Waals surface area contributed by atoms with Crippen molar-refractivity contribution in [2.24, 2.45) is 0 Å². The second-order valence-electron chi connectivity index (χ2n) is 7.29. The maximum Gasteiger partial charge on any atom is 0.263 e.